The first-order valence-corrected chi connectivity index (χ1v) is 7.83. The van der Waals surface area contributed by atoms with Crippen molar-refractivity contribution in [1.29, 1.82) is 0 Å². The van der Waals surface area contributed by atoms with E-state index in [-0.39, 0.29) is 5.91 Å². The van der Waals surface area contributed by atoms with Crippen LogP contribution in [-0.4, -0.2) is 55.7 Å². The zero-order valence-corrected chi connectivity index (χ0v) is 12.9. The van der Waals surface area contributed by atoms with Crippen LogP contribution in [0.3, 0.4) is 0 Å². The summed E-state index contributed by atoms with van der Waals surface area (Å²) in [6.45, 7) is 5.70. The second-order valence-corrected chi connectivity index (χ2v) is 6.68. The second-order valence-electron chi connectivity index (χ2n) is 6.68. The van der Waals surface area contributed by atoms with Crippen molar-refractivity contribution in [1.82, 2.24) is 10.2 Å². The Hall–Kier alpha value is -0.650. The van der Waals surface area contributed by atoms with E-state index in [9.17, 15) is 4.79 Å². The van der Waals surface area contributed by atoms with Gasteiger partial charge in [0.2, 0.25) is 5.91 Å². The van der Waals surface area contributed by atoms with Crippen LogP contribution in [0.4, 0.5) is 0 Å². The molecule has 5 nitrogen and oxygen atoms in total. The minimum Gasteiger partial charge on any atom is -0.381 e. The molecule has 0 aromatic carbocycles. The lowest BCUT2D eigenvalue weighted by Crippen LogP contribution is -2.55. The van der Waals surface area contributed by atoms with Gasteiger partial charge < -0.3 is 20.7 Å². The van der Waals surface area contributed by atoms with Gasteiger partial charge in [0.05, 0.1) is 5.54 Å². The lowest BCUT2D eigenvalue weighted by atomic mass is 9.95. The van der Waals surface area contributed by atoms with Crippen LogP contribution >= 0.6 is 0 Å². The van der Waals surface area contributed by atoms with E-state index in [1.165, 1.54) is 12.8 Å². The molecule has 1 saturated heterocycles. The summed E-state index contributed by atoms with van der Waals surface area (Å²) in [5.74, 6) is 0.494. The highest BCUT2D eigenvalue weighted by Crippen LogP contribution is 2.24. The Bertz CT molecular complexity index is 327. The van der Waals surface area contributed by atoms with E-state index in [1.54, 1.807) is 0 Å². The summed E-state index contributed by atoms with van der Waals surface area (Å²) in [5.41, 5.74) is 5.02. The topological polar surface area (TPSA) is 67.6 Å². The number of nitrogens with zero attached hydrogens (tertiary/aromatic N) is 1. The van der Waals surface area contributed by atoms with Crippen LogP contribution in [0.1, 0.15) is 39.0 Å². The molecule has 20 heavy (non-hydrogen) atoms. The zero-order valence-electron chi connectivity index (χ0n) is 12.9. The van der Waals surface area contributed by atoms with Crippen LogP contribution in [0, 0.1) is 5.92 Å². The number of carbonyl (C=O) groups is 1. The average Bonchev–Trinajstić information content (AvgIpc) is 3.21. The third-order valence-corrected chi connectivity index (χ3v) is 4.55. The summed E-state index contributed by atoms with van der Waals surface area (Å²) in [5, 5.41) is 3.40. The second kappa shape index (κ2) is 6.87. The molecule has 0 aromatic rings. The van der Waals surface area contributed by atoms with Gasteiger partial charge >= 0.3 is 0 Å². The average molecular weight is 283 g/mol. The number of nitrogens with one attached hydrogen (secondary N) is 1. The highest BCUT2D eigenvalue weighted by atomic mass is 16.5. The van der Waals surface area contributed by atoms with E-state index < -0.39 is 5.54 Å². The molecule has 2 fully saturated rings. The van der Waals surface area contributed by atoms with Crippen molar-refractivity contribution in [2.45, 2.75) is 50.6 Å². The Morgan fingerprint density at radius 2 is 2.00 bits per heavy atom. The maximum Gasteiger partial charge on any atom is 0.237 e. The van der Waals surface area contributed by atoms with Crippen molar-refractivity contribution in [3.05, 3.63) is 0 Å². The van der Waals surface area contributed by atoms with Crippen molar-refractivity contribution in [2.24, 2.45) is 11.7 Å². The predicted molar refractivity (Wildman–Crippen MR) is 79.4 cm³/mol. The Morgan fingerprint density at radius 3 is 2.55 bits per heavy atom. The summed E-state index contributed by atoms with van der Waals surface area (Å²) in [7, 11) is 2.13. The summed E-state index contributed by atoms with van der Waals surface area (Å²) in [6, 6.07) is 0.494. The van der Waals surface area contributed by atoms with E-state index in [0.717, 1.165) is 51.5 Å². The SMILES string of the molecule is CN(CCC(C)(NC1CC1)C(N)=O)CC1CCOCC1. The molecule has 2 rings (SSSR count). The zero-order chi connectivity index (χ0) is 14.6. The first-order valence-electron chi connectivity index (χ1n) is 7.83. The van der Waals surface area contributed by atoms with Crippen molar-refractivity contribution >= 4 is 5.91 Å². The Labute approximate surface area is 122 Å². The van der Waals surface area contributed by atoms with E-state index in [4.69, 9.17) is 10.5 Å². The quantitative estimate of drug-likeness (QED) is 0.689. The lowest BCUT2D eigenvalue weighted by Gasteiger charge is -2.32. The smallest absolute Gasteiger partial charge is 0.237 e. The third-order valence-electron chi connectivity index (χ3n) is 4.55. The molecular formula is C15H29N3O2. The van der Waals surface area contributed by atoms with Gasteiger partial charge in [0.25, 0.3) is 0 Å². The number of hydrogen-bond acceptors (Lipinski definition) is 4. The van der Waals surface area contributed by atoms with E-state index in [1.807, 2.05) is 6.92 Å². The summed E-state index contributed by atoms with van der Waals surface area (Å²) in [4.78, 5) is 14.0. The van der Waals surface area contributed by atoms with Gasteiger partial charge in [-0.15, -0.1) is 0 Å². The molecule has 0 aromatic heterocycles. The number of hydrogen-bond donors (Lipinski definition) is 2. The molecule has 1 aliphatic heterocycles. The Morgan fingerprint density at radius 1 is 1.35 bits per heavy atom. The summed E-state index contributed by atoms with van der Waals surface area (Å²) in [6.07, 6.45) is 5.41. The van der Waals surface area contributed by atoms with Crippen molar-refractivity contribution in [3.8, 4) is 0 Å². The Balaban J connectivity index is 1.74. The monoisotopic (exact) mass is 283 g/mol. The Kier molecular flexibility index (Phi) is 5.41. The van der Waals surface area contributed by atoms with Gasteiger partial charge in [-0.3, -0.25) is 4.79 Å². The van der Waals surface area contributed by atoms with E-state index in [0.29, 0.717) is 6.04 Å². The van der Waals surface area contributed by atoms with Crippen molar-refractivity contribution < 1.29 is 9.53 Å². The van der Waals surface area contributed by atoms with Crippen LogP contribution in [0.5, 0.6) is 0 Å². The predicted octanol–water partition coefficient (Wildman–Crippen LogP) is 0.731. The first kappa shape index (κ1) is 15.7. The molecule has 0 radical (unpaired) electrons. The fraction of sp³-hybridized carbons (Fsp3) is 0.933. The molecule has 3 N–H and O–H groups in total. The molecule has 5 heteroatoms. The van der Waals surface area contributed by atoms with Gasteiger partial charge in [-0.2, -0.15) is 0 Å². The molecule has 2 aliphatic rings. The van der Waals surface area contributed by atoms with Gasteiger partial charge in [-0.1, -0.05) is 0 Å². The van der Waals surface area contributed by atoms with Gasteiger partial charge in [0.1, 0.15) is 0 Å². The number of nitrogens with two attached hydrogens (primary N) is 1. The number of primary amides is 1. The largest absolute Gasteiger partial charge is 0.381 e. The molecule has 1 atom stereocenters. The molecule has 116 valence electrons. The van der Waals surface area contributed by atoms with Gasteiger partial charge in [-0.05, 0) is 52.0 Å². The highest BCUT2D eigenvalue weighted by Gasteiger charge is 2.36. The number of amides is 1. The molecular weight excluding hydrogens is 254 g/mol. The standard InChI is InChI=1S/C15H29N3O2/c1-15(14(16)19,17-13-3-4-13)7-8-18(2)11-12-5-9-20-10-6-12/h12-13,17H,3-11H2,1-2H3,(H2,16,19). The lowest BCUT2D eigenvalue weighted by molar-refractivity contribution is -0.124. The van der Waals surface area contributed by atoms with Gasteiger partial charge in [-0.25, -0.2) is 0 Å². The van der Waals surface area contributed by atoms with E-state index >= 15 is 0 Å². The molecule has 1 unspecified atom stereocenters. The van der Waals surface area contributed by atoms with Crippen LogP contribution in [0.25, 0.3) is 0 Å². The van der Waals surface area contributed by atoms with Crippen LogP contribution in [0.2, 0.25) is 0 Å². The maximum atomic E-state index is 11.7. The minimum atomic E-state index is -0.564. The van der Waals surface area contributed by atoms with Crippen LogP contribution in [0.15, 0.2) is 0 Å². The molecule has 1 heterocycles. The minimum absolute atomic E-state index is 0.233. The first-order chi connectivity index (χ1) is 9.49. The molecule has 1 saturated carbocycles. The molecule has 0 bridgehead atoms. The number of rotatable bonds is 8. The fourth-order valence-electron chi connectivity index (χ4n) is 2.82. The summed E-state index contributed by atoms with van der Waals surface area (Å²) < 4.78 is 5.39. The fourth-order valence-corrected chi connectivity index (χ4v) is 2.82. The highest BCUT2D eigenvalue weighted by molar-refractivity contribution is 5.84. The molecule has 0 spiro atoms. The number of carbonyl (C=O) groups excluding carboxylic acids is 1. The normalized spacial score (nSPS) is 23.8. The van der Waals surface area contributed by atoms with Crippen LogP contribution < -0.4 is 11.1 Å². The number of ether oxygens (including phenoxy) is 1. The molecule has 1 amide bonds. The van der Waals surface area contributed by atoms with Gasteiger partial charge in [0, 0.05) is 32.3 Å². The van der Waals surface area contributed by atoms with E-state index in [2.05, 4.69) is 17.3 Å². The van der Waals surface area contributed by atoms with Gasteiger partial charge in [0.15, 0.2) is 0 Å². The third kappa shape index (κ3) is 4.72. The van der Waals surface area contributed by atoms with Crippen molar-refractivity contribution in [2.75, 3.05) is 33.4 Å². The van der Waals surface area contributed by atoms with Crippen molar-refractivity contribution in [3.63, 3.8) is 0 Å². The summed E-state index contributed by atoms with van der Waals surface area (Å²) >= 11 is 0. The van der Waals surface area contributed by atoms with Crippen LogP contribution in [-0.2, 0) is 9.53 Å². The molecule has 1 aliphatic carbocycles. The maximum absolute atomic E-state index is 11.7.